The molecule has 2 aliphatic rings. The fourth-order valence-electron chi connectivity index (χ4n) is 3.70. The summed E-state index contributed by atoms with van der Waals surface area (Å²) in [6.45, 7) is 0.404. The van der Waals surface area contributed by atoms with Crippen molar-refractivity contribution < 1.29 is 26.4 Å². The second-order valence-electron chi connectivity index (χ2n) is 7.29. The van der Waals surface area contributed by atoms with Gasteiger partial charge < -0.3 is 4.90 Å². The van der Waals surface area contributed by atoms with Crippen LogP contribution in [0.15, 0.2) is 52.3 Å². The van der Waals surface area contributed by atoms with Crippen LogP contribution in [0.25, 0.3) is 0 Å². The highest BCUT2D eigenvalue weighted by Crippen LogP contribution is 2.38. The van der Waals surface area contributed by atoms with E-state index < -0.39 is 31.7 Å². The SMILES string of the molecule is O=C(C1Cc2ccccc2S1)N1CCN(S(=O)(=O)c2ccc(Cl)c(C(F)(F)F)c2)CC1. The number of piperazine rings is 1. The van der Waals surface area contributed by atoms with E-state index in [1.165, 1.54) is 11.8 Å². The van der Waals surface area contributed by atoms with E-state index >= 15 is 0 Å². The maximum Gasteiger partial charge on any atom is 0.417 e. The highest BCUT2D eigenvalue weighted by Gasteiger charge is 2.38. The van der Waals surface area contributed by atoms with Crippen molar-refractivity contribution in [3.05, 3.63) is 58.6 Å². The Morgan fingerprint density at radius 1 is 1.06 bits per heavy atom. The Hall–Kier alpha value is -1.75. The summed E-state index contributed by atoms with van der Waals surface area (Å²) in [5.41, 5.74) is -0.0721. The molecular weight excluding hydrogens is 473 g/mol. The molecule has 1 fully saturated rings. The third-order valence-corrected chi connectivity index (χ3v) is 8.88. The molecule has 0 aliphatic carbocycles. The minimum absolute atomic E-state index is 0.0163. The van der Waals surface area contributed by atoms with Crippen LogP contribution in [0.2, 0.25) is 5.02 Å². The van der Waals surface area contributed by atoms with Crippen LogP contribution in [0.1, 0.15) is 11.1 Å². The Morgan fingerprint density at radius 2 is 1.74 bits per heavy atom. The zero-order valence-electron chi connectivity index (χ0n) is 16.1. The lowest BCUT2D eigenvalue weighted by atomic mass is 10.1. The van der Waals surface area contributed by atoms with Gasteiger partial charge in [-0.25, -0.2) is 8.42 Å². The molecule has 2 aliphatic heterocycles. The molecule has 1 atom stereocenters. The van der Waals surface area contributed by atoms with Gasteiger partial charge in [-0.3, -0.25) is 4.79 Å². The van der Waals surface area contributed by atoms with E-state index in [2.05, 4.69) is 0 Å². The molecule has 5 nitrogen and oxygen atoms in total. The zero-order valence-corrected chi connectivity index (χ0v) is 18.5. The fourth-order valence-corrected chi connectivity index (χ4v) is 6.66. The number of carbonyl (C=O) groups is 1. The van der Waals surface area contributed by atoms with Crippen molar-refractivity contribution in [3.8, 4) is 0 Å². The van der Waals surface area contributed by atoms with Crippen LogP contribution in [0.3, 0.4) is 0 Å². The quantitative estimate of drug-likeness (QED) is 0.654. The van der Waals surface area contributed by atoms with Crippen LogP contribution < -0.4 is 0 Å². The number of carbonyl (C=O) groups excluding carboxylic acids is 1. The molecule has 0 radical (unpaired) electrons. The van der Waals surface area contributed by atoms with Gasteiger partial charge in [0.15, 0.2) is 0 Å². The Balaban J connectivity index is 1.43. The number of nitrogens with zero attached hydrogens (tertiary/aromatic N) is 2. The largest absolute Gasteiger partial charge is 0.417 e. The number of alkyl halides is 3. The molecule has 2 aromatic rings. The van der Waals surface area contributed by atoms with Crippen LogP contribution in [-0.2, 0) is 27.4 Å². The summed E-state index contributed by atoms with van der Waals surface area (Å²) in [6.07, 6.45) is -4.13. The van der Waals surface area contributed by atoms with Gasteiger partial charge in [0, 0.05) is 31.1 Å². The van der Waals surface area contributed by atoms with Gasteiger partial charge in [-0.2, -0.15) is 17.5 Å². The molecule has 166 valence electrons. The normalized spacial score (nSPS) is 20.0. The summed E-state index contributed by atoms with van der Waals surface area (Å²) in [6, 6.07) is 10.4. The van der Waals surface area contributed by atoms with E-state index in [9.17, 15) is 26.4 Å². The molecule has 4 rings (SSSR count). The van der Waals surface area contributed by atoms with Crippen molar-refractivity contribution in [2.75, 3.05) is 26.2 Å². The molecular formula is C20H18ClF3N2O3S2. The number of fused-ring (bicyclic) bond motifs is 1. The van der Waals surface area contributed by atoms with Gasteiger partial charge in [-0.1, -0.05) is 29.8 Å². The number of rotatable bonds is 3. The lowest BCUT2D eigenvalue weighted by Crippen LogP contribution is -2.52. The molecule has 0 bridgehead atoms. The van der Waals surface area contributed by atoms with Gasteiger partial charge in [0.1, 0.15) is 0 Å². The maximum absolute atomic E-state index is 13.1. The second kappa shape index (κ2) is 8.31. The molecule has 0 aromatic heterocycles. The van der Waals surface area contributed by atoms with Crippen molar-refractivity contribution in [2.45, 2.75) is 27.6 Å². The Bertz CT molecular complexity index is 1090. The monoisotopic (exact) mass is 490 g/mol. The minimum atomic E-state index is -4.76. The third-order valence-electron chi connectivity index (χ3n) is 5.35. The first kappa shape index (κ1) is 22.4. The smallest absolute Gasteiger partial charge is 0.339 e. The lowest BCUT2D eigenvalue weighted by Gasteiger charge is -2.35. The number of benzene rings is 2. The minimum Gasteiger partial charge on any atom is -0.339 e. The Kier molecular flexibility index (Phi) is 6.01. The van der Waals surface area contributed by atoms with Crippen LogP contribution in [0.5, 0.6) is 0 Å². The van der Waals surface area contributed by atoms with E-state index in [0.717, 1.165) is 26.9 Å². The first-order chi connectivity index (χ1) is 14.6. The summed E-state index contributed by atoms with van der Waals surface area (Å²) < 4.78 is 66.2. The topological polar surface area (TPSA) is 57.7 Å². The molecule has 2 heterocycles. The summed E-state index contributed by atoms with van der Waals surface area (Å²) in [4.78, 5) is 15.1. The van der Waals surface area contributed by atoms with E-state index in [1.54, 1.807) is 4.90 Å². The molecule has 0 N–H and O–H groups in total. The van der Waals surface area contributed by atoms with Gasteiger partial charge in [0.2, 0.25) is 15.9 Å². The van der Waals surface area contributed by atoms with Crippen molar-refractivity contribution in [2.24, 2.45) is 0 Å². The van der Waals surface area contributed by atoms with Gasteiger partial charge in [0.05, 0.1) is 20.7 Å². The summed E-state index contributed by atoms with van der Waals surface area (Å²) in [7, 11) is -4.14. The molecule has 1 unspecified atom stereocenters. The first-order valence-corrected chi connectivity index (χ1v) is 12.2. The predicted octanol–water partition coefficient (Wildman–Crippen LogP) is 3.91. The average molecular weight is 491 g/mol. The van der Waals surface area contributed by atoms with Crippen LogP contribution in [-0.4, -0.2) is 55.0 Å². The number of halogens is 4. The van der Waals surface area contributed by atoms with Crippen molar-refractivity contribution in [3.63, 3.8) is 0 Å². The standard InChI is InChI=1S/C20H18ClF3N2O3S2/c21-16-6-5-14(12-15(16)20(22,23)24)31(28,29)26-9-7-25(8-10-26)19(27)18-11-13-3-1-2-4-17(13)30-18/h1-6,12,18H,7-11H2. The molecule has 31 heavy (non-hydrogen) atoms. The van der Waals surface area contributed by atoms with Crippen molar-refractivity contribution >= 4 is 39.3 Å². The Morgan fingerprint density at radius 3 is 2.39 bits per heavy atom. The maximum atomic E-state index is 13.1. The van der Waals surface area contributed by atoms with Crippen LogP contribution in [0.4, 0.5) is 13.2 Å². The van der Waals surface area contributed by atoms with E-state index in [0.29, 0.717) is 12.5 Å². The Labute approximate surface area is 187 Å². The summed E-state index contributed by atoms with van der Waals surface area (Å²) >= 11 is 7.10. The zero-order chi connectivity index (χ0) is 22.4. The van der Waals surface area contributed by atoms with Gasteiger partial charge >= 0.3 is 6.18 Å². The van der Waals surface area contributed by atoms with Crippen LogP contribution in [0, 0.1) is 0 Å². The van der Waals surface area contributed by atoms with Gasteiger partial charge in [0.25, 0.3) is 0 Å². The lowest BCUT2D eigenvalue weighted by molar-refractivity contribution is -0.137. The summed E-state index contributed by atoms with van der Waals surface area (Å²) in [5, 5.41) is -0.803. The fraction of sp³-hybridized carbons (Fsp3) is 0.350. The third kappa shape index (κ3) is 4.44. The first-order valence-electron chi connectivity index (χ1n) is 9.47. The number of hydrogen-bond acceptors (Lipinski definition) is 4. The van der Waals surface area contributed by atoms with Gasteiger partial charge in [-0.15, -0.1) is 11.8 Å². The molecule has 0 spiro atoms. The number of amides is 1. The van der Waals surface area contributed by atoms with Crippen molar-refractivity contribution in [1.29, 1.82) is 0 Å². The van der Waals surface area contributed by atoms with E-state index in [4.69, 9.17) is 11.6 Å². The second-order valence-corrected chi connectivity index (χ2v) is 10.9. The van der Waals surface area contributed by atoms with Crippen molar-refractivity contribution in [1.82, 2.24) is 9.21 Å². The van der Waals surface area contributed by atoms with Crippen LogP contribution >= 0.6 is 23.4 Å². The molecule has 11 heteroatoms. The number of thioether (sulfide) groups is 1. The summed E-state index contributed by atoms with van der Waals surface area (Å²) in [5.74, 6) is -0.0518. The number of hydrogen-bond donors (Lipinski definition) is 0. The van der Waals surface area contributed by atoms with E-state index in [1.807, 2.05) is 24.3 Å². The molecule has 0 saturated carbocycles. The molecule has 1 amide bonds. The highest BCUT2D eigenvalue weighted by atomic mass is 35.5. The highest BCUT2D eigenvalue weighted by molar-refractivity contribution is 8.01. The van der Waals surface area contributed by atoms with Gasteiger partial charge in [-0.05, 0) is 36.2 Å². The predicted molar refractivity (Wildman–Crippen MR) is 112 cm³/mol. The average Bonchev–Trinajstić information content (AvgIpc) is 3.17. The molecule has 2 aromatic carbocycles. The van der Waals surface area contributed by atoms with E-state index in [-0.39, 0.29) is 37.3 Å². The molecule has 1 saturated heterocycles. The number of sulfonamides is 1.